The Kier molecular flexibility index (Phi) is 5.73. The molecule has 1 aromatic rings. The average Bonchev–Trinajstić information content (AvgIpc) is 2.26. The van der Waals surface area contributed by atoms with E-state index in [-0.39, 0.29) is 12.4 Å². The Morgan fingerprint density at radius 1 is 1.10 bits per heavy atom. The number of ether oxygens (including phenoxy) is 3. The van der Waals surface area contributed by atoms with Crippen molar-refractivity contribution in [3.05, 3.63) is 11.9 Å². The van der Waals surface area contributed by atoms with E-state index in [4.69, 9.17) is 14.2 Å². The molecule has 1 heterocycles. The van der Waals surface area contributed by atoms with Gasteiger partial charge < -0.3 is 14.2 Å². The fourth-order valence-electron chi connectivity index (χ4n) is 1.48. The minimum atomic E-state index is -0.530. The van der Waals surface area contributed by atoms with E-state index < -0.39 is 5.60 Å². The first-order valence-corrected chi connectivity index (χ1v) is 6.69. The van der Waals surface area contributed by atoms with Crippen molar-refractivity contribution >= 4 is 5.97 Å². The number of nitrogens with zero attached hydrogens (tertiary/aromatic N) is 2. The summed E-state index contributed by atoms with van der Waals surface area (Å²) < 4.78 is 15.9. The van der Waals surface area contributed by atoms with Gasteiger partial charge in [-0.15, -0.1) is 0 Å². The minimum absolute atomic E-state index is 0.0156. The molecule has 1 aromatic heterocycles. The Balaban J connectivity index is 2.84. The smallest absolute Gasteiger partial charge is 0.314 e. The fourth-order valence-corrected chi connectivity index (χ4v) is 1.48. The van der Waals surface area contributed by atoms with Crippen LogP contribution in [-0.2, 0) is 16.0 Å². The molecular weight excluding hydrogens is 260 g/mol. The largest absolute Gasteiger partial charge is 0.478 e. The van der Waals surface area contributed by atoms with E-state index in [0.717, 1.165) is 0 Å². The summed E-state index contributed by atoms with van der Waals surface area (Å²) in [7, 11) is 0. The van der Waals surface area contributed by atoms with Gasteiger partial charge in [0.25, 0.3) is 0 Å². The lowest BCUT2D eigenvalue weighted by molar-refractivity contribution is -0.154. The van der Waals surface area contributed by atoms with E-state index >= 15 is 0 Å². The summed E-state index contributed by atoms with van der Waals surface area (Å²) in [5, 5.41) is 0. The van der Waals surface area contributed by atoms with Crippen LogP contribution < -0.4 is 9.47 Å². The molecule has 0 aliphatic rings. The first-order valence-electron chi connectivity index (χ1n) is 6.69. The quantitative estimate of drug-likeness (QED) is 0.745. The van der Waals surface area contributed by atoms with E-state index in [1.807, 2.05) is 34.6 Å². The van der Waals surface area contributed by atoms with E-state index in [2.05, 4.69) is 9.97 Å². The van der Waals surface area contributed by atoms with Gasteiger partial charge in [-0.05, 0) is 34.6 Å². The molecule has 0 N–H and O–H groups in total. The third kappa shape index (κ3) is 5.86. The Bertz CT molecular complexity index is 431. The molecule has 1 rings (SSSR count). The second-order valence-electron chi connectivity index (χ2n) is 5.09. The summed E-state index contributed by atoms with van der Waals surface area (Å²) in [6.45, 7) is 10.1. The second-order valence-corrected chi connectivity index (χ2v) is 5.09. The number of rotatable bonds is 6. The number of hydrogen-bond donors (Lipinski definition) is 0. The number of hydrogen-bond acceptors (Lipinski definition) is 6. The minimum Gasteiger partial charge on any atom is -0.478 e. The van der Waals surface area contributed by atoms with Crippen molar-refractivity contribution in [1.29, 1.82) is 0 Å². The van der Waals surface area contributed by atoms with Crippen LogP contribution in [0.1, 0.15) is 40.4 Å². The molecule has 0 aliphatic carbocycles. The van der Waals surface area contributed by atoms with Crippen molar-refractivity contribution in [2.24, 2.45) is 0 Å². The molecule has 0 aliphatic heterocycles. The summed E-state index contributed by atoms with van der Waals surface area (Å²) in [6.07, 6.45) is -0.0156. The van der Waals surface area contributed by atoms with Crippen molar-refractivity contribution in [3.8, 4) is 11.8 Å². The Morgan fingerprint density at radius 2 is 1.60 bits per heavy atom. The normalized spacial score (nSPS) is 11.1. The zero-order chi connectivity index (χ0) is 15.2. The molecule has 0 bridgehead atoms. The predicted molar refractivity (Wildman–Crippen MR) is 73.9 cm³/mol. The number of aromatic nitrogens is 2. The van der Waals surface area contributed by atoms with Gasteiger partial charge in [0.15, 0.2) is 0 Å². The first-order chi connectivity index (χ1) is 9.34. The molecule has 0 fully saturated rings. The summed E-state index contributed by atoms with van der Waals surface area (Å²) >= 11 is 0. The summed E-state index contributed by atoms with van der Waals surface area (Å²) in [6, 6.07) is 1.60. The highest BCUT2D eigenvalue weighted by molar-refractivity contribution is 5.72. The van der Waals surface area contributed by atoms with Gasteiger partial charge in [0.05, 0.1) is 19.3 Å². The van der Waals surface area contributed by atoms with Crippen LogP contribution in [-0.4, -0.2) is 34.8 Å². The highest BCUT2D eigenvalue weighted by atomic mass is 16.6. The topological polar surface area (TPSA) is 70.5 Å². The molecule has 112 valence electrons. The van der Waals surface area contributed by atoms with Crippen LogP contribution >= 0.6 is 0 Å². The highest BCUT2D eigenvalue weighted by Crippen LogP contribution is 2.17. The molecule has 0 amide bonds. The van der Waals surface area contributed by atoms with Gasteiger partial charge in [0, 0.05) is 0 Å². The van der Waals surface area contributed by atoms with Crippen LogP contribution in [0.2, 0.25) is 0 Å². The number of carbonyl (C=O) groups excluding carboxylic acids is 1. The molecule has 6 nitrogen and oxygen atoms in total. The van der Waals surface area contributed by atoms with E-state index in [0.29, 0.717) is 30.8 Å². The van der Waals surface area contributed by atoms with Crippen molar-refractivity contribution < 1.29 is 19.0 Å². The maximum absolute atomic E-state index is 11.8. The van der Waals surface area contributed by atoms with E-state index in [1.165, 1.54) is 0 Å². The van der Waals surface area contributed by atoms with Crippen LogP contribution in [0.25, 0.3) is 0 Å². The third-order valence-corrected chi connectivity index (χ3v) is 2.03. The van der Waals surface area contributed by atoms with Gasteiger partial charge in [0.2, 0.25) is 11.8 Å². The zero-order valence-electron chi connectivity index (χ0n) is 12.7. The van der Waals surface area contributed by atoms with Crippen LogP contribution in [0.3, 0.4) is 0 Å². The van der Waals surface area contributed by atoms with Gasteiger partial charge in [0.1, 0.15) is 17.8 Å². The monoisotopic (exact) mass is 282 g/mol. The molecule has 0 radical (unpaired) electrons. The summed E-state index contributed by atoms with van der Waals surface area (Å²) in [5.74, 6) is 0.733. The molecule has 6 heteroatoms. The molecule has 0 aromatic carbocycles. The number of esters is 1. The standard InChI is InChI=1S/C14H22N2O4/c1-6-18-11-9-12(19-7-2)16-10(15-11)8-13(17)20-14(3,4)5/h9H,6-8H2,1-5H3. The molecular formula is C14H22N2O4. The second kappa shape index (κ2) is 7.07. The molecule has 0 spiro atoms. The predicted octanol–water partition coefficient (Wildman–Crippen LogP) is 2.16. The molecule has 0 unspecified atom stereocenters. The molecule has 0 saturated carbocycles. The van der Waals surface area contributed by atoms with Gasteiger partial charge in [-0.3, -0.25) is 4.79 Å². The van der Waals surface area contributed by atoms with Crippen LogP contribution in [0.4, 0.5) is 0 Å². The SMILES string of the molecule is CCOc1cc(OCC)nc(CC(=O)OC(C)(C)C)n1. The van der Waals surface area contributed by atoms with Gasteiger partial charge in [-0.2, -0.15) is 9.97 Å². The van der Waals surface area contributed by atoms with Crippen LogP contribution in [0.5, 0.6) is 11.8 Å². The lowest BCUT2D eigenvalue weighted by atomic mass is 10.2. The van der Waals surface area contributed by atoms with Crippen molar-refractivity contribution in [2.45, 2.75) is 46.6 Å². The van der Waals surface area contributed by atoms with Gasteiger partial charge >= 0.3 is 5.97 Å². The fraction of sp³-hybridized carbons (Fsp3) is 0.643. The third-order valence-electron chi connectivity index (χ3n) is 2.03. The van der Waals surface area contributed by atoms with Crippen LogP contribution in [0.15, 0.2) is 6.07 Å². The Labute approximate surface area is 119 Å². The lowest BCUT2D eigenvalue weighted by Gasteiger charge is -2.19. The zero-order valence-corrected chi connectivity index (χ0v) is 12.7. The van der Waals surface area contributed by atoms with Crippen molar-refractivity contribution in [2.75, 3.05) is 13.2 Å². The first kappa shape index (κ1) is 16.2. The van der Waals surface area contributed by atoms with E-state index in [9.17, 15) is 4.79 Å². The van der Waals surface area contributed by atoms with Gasteiger partial charge in [-0.25, -0.2) is 0 Å². The Morgan fingerprint density at radius 3 is 2.00 bits per heavy atom. The summed E-state index contributed by atoms with van der Waals surface area (Å²) in [4.78, 5) is 20.1. The highest BCUT2D eigenvalue weighted by Gasteiger charge is 2.18. The molecule has 0 saturated heterocycles. The maximum Gasteiger partial charge on any atom is 0.314 e. The Hall–Kier alpha value is -1.85. The average molecular weight is 282 g/mol. The lowest BCUT2D eigenvalue weighted by Crippen LogP contribution is -2.25. The van der Waals surface area contributed by atoms with Crippen molar-refractivity contribution in [3.63, 3.8) is 0 Å². The van der Waals surface area contributed by atoms with E-state index in [1.54, 1.807) is 6.07 Å². The maximum atomic E-state index is 11.8. The van der Waals surface area contributed by atoms with Gasteiger partial charge in [-0.1, -0.05) is 0 Å². The summed E-state index contributed by atoms with van der Waals surface area (Å²) in [5.41, 5.74) is -0.530. The number of carbonyl (C=O) groups is 1. The molecule has 0 atom stereocenters. The van der Waals surface area contributed by atoms with Crippen LogP contribution in [0, 0.1) is 0 Å². The van der Waals surface area contributed by atoms with Crippen molar-refractivity contribution in [1.82, 2.24) is 9.97 Å². The molecule has 20 heavy (non-hydrogen) atoms.